The Morgan fingerprint density at radius 1 is 1.27 bits per heavy atom. The minimum atomic E-state index is 0.324. The van der Waals surface area contributed by atoms with Crippen molar-refractivity contribution in [1.29, 1.82) is 0 Å². The molecule has 0 bridgehead atoms. The molecule has 0 atom stereocenters. The van der Waals surface area contributed by atoms with Crippen LogP contribution in [0.15, 0.2) is 10.7 Å². The van der Waals surface area contributed by atoms with Crippen molar-refractivity contribution < 1.29 is 4.52 Å². The summed E-state index contributed by atoms with van der Waals surface area (Å²) in [4.78, 5) is 11.6. The van der Waals surface area contributed by atoms with Gasteiger partial charge in [-0.1, -0.05) is 19.0 Å². The molecule has 1 saturated heterocycles. The molecule has 0 radical (unpaired) electrons. The van der Waals surface area contributed by atoms with E-state index in [1.54, 1.807) is 0 Å². The first kappa shape index (κ1) is 15.2. The van der Waals surface area contributed by atoms with Gasteiger partial charge in [-0.25, -0.2) is 4.98 Å². The molecule has 120 valence electrons. The fourth-order valence-corrected chi connectivity index (χ4v) is 2.92. The Morgan fingerprint density at radius 3 is 2.55 bits per heavy atom. The van der Waals surface area contributed by atoms with Gasteiger partial charge in [-0.2, -0.15) is 4.98 Å². The molecule has 0 saturated carbocycles. The number of piperidine rings is 1. The highest BCUT2D eigenvalue weighted by Gasteiger charge is 2.26. The highest BCUT2D eigenvalue weighted by Crippen LogP contribution is 2.28. The summed E-state index contributed by atoms with van der Waals surface area (Å²) in [6, 6.07) is 0. The van der Waals surface area contributed by atoms with Crippen molar-refractivity contribution >= 4 is 0 Å². The van der Waals surface area contributed by atoms with Crippen LogP contribution < -0.4 is 0 Å². The van der Waals surface area contributed by atoms with Crippen LogP contribution in [0.25, 0.3) is 0 Å². The first-order valence-electron chi connectivity index (χ1n) is 8.07. The van der Waals surface area contributed by atoms with Crippen LogP contribution in [0.5, 0.6) is 0 Å². The molecular weight excluding hydrogens is 278 g/mol. The van der Waals surface area contributed by atoms with E-state index in [1.165, 1.54) is 0 Å². The van der Waals surface area contributed by atoms with Gasteiger partial charge >= 0.3 is 0 Å². The van der Waals surface area contributed by atoms with Gasteiger partial charge in [-0.05, 0) is 32.9 Å². The second-order valence-corrected chi connectivity index (χ2v) is 6.59. The van der Waals surface area contributed by atoms with Gasteiger partial charge in [0.25, 0.3) is 0 Å². The number of hydrogen-bond acceptors (Lipinski definition) is 5. The second kappa shape index (κ2) is 6.20. The summed E-state index contributed by atoms with van der Waals surface area (Å²) in [5, 5.41) is 4.08. The number of nitrogens with zero attached hydrogens (tertiary/aromatic N) is 5. The minimum Gasteiger partial charge on any atom is -0.339 e. The van der Waals surface area contributed by atoms with Gasteiger partial charge in [-0.3, -0.25) is 4.90 Å². The van der Waals surface area contributed by atoms with Crippen molar-refractivity contribution in [2.75, 3.05) is 13.1 Å². The van der Waals surface area contributed by atoms with Crippen LogP contribution in [0, 0.1) is 6.92 Å². The summed E-state index contributed by atoms with van der Waals surface area (Å²) in [5.74, 6) is 3.43. The van der Waals surface area contributed by atoms with E-state index >= 15 is 0 Å². The van der Waals surface area contributed by atoms with E-state index in [-0.39, 0.29) is 0 Å². The van der Waals surface area contributed by atoms with Crippen molar-refractivity contribution in [1.82, 2.24) is 24.6 Å². The van der Waals surface area contributed by atoms with Crippen molar-refractivity contribution in [3.63, 3.8) is 0 Å². The van der Waals surface area contributed by atoms with Crippen molar-refractivity contribution in [3.05, 3.63) is 29.4 Å². The zero-order valence-electron chi connectivity index (χ0n) is 13.9. The van der Waals surface area contributed by atoms with Crippen LogP contribution in [0.4, 0.5) is 0 Å². The predicted octanol–water partition coefficient (Wildman–Crippen LogP) is 2.61. The topological polar surface area (TPSA) is 60.0 Å². The number of aromatic nitrogens is 4. The molecule has 6 nitrogen and oxygen atoms in total. The molecule has 1 aliphatic rings. The van der Waals surface area contributed by atoms with E-state index in [2.05, 4.69) is 44.6 Å². The van der Waals surface area contributed by atoms with Crippen LogP contribution in [-0.4, -0.2) is 37.7 Å². The summed E-state index contributed by atoms with van der Waals surface area (Å²) in [6.45, 7) is 9.25. The summed E-state index contributed by atoms with van der Waals surface area (Å²) in [5.41, 5.74) is 1.15. The van der Waals surface area contributed by atoms with E-state index in [0.29, 0.717) is 11.8 Å². The Labute approximate surface area is 131 Å². The second-order valence-electron chi connectivity index (χ2n) is 6.59. The standard InChI is InChI=1S/C16H25N5O/c1-11(2)15-18-16(22-19-15)13-5-7-21(8-6-13)10-14-9-20(4)12(3)17-14/h9,11,13H,5-8,10H2,1-4H3. The summed E-state index contributed by atoms with van der Waals surface area (Å²) in [6.07, 6.45) is 4.27. The lowest BCUT2D eigenvalue weighted by Gasteiger charge is -2.29. The molecule has 0 N–H and O–H groups in total. The highest BCUT2D eigenvalue weighted by molar-refractivity contribution is 5.04. The SMILES string of the molecule is Cc1nc(CN2CCC(c3nc(C(C)C)no3)CC2)cn1C. The van der Waals surface area contributed by atoms with Crippen LogP contribution >= 0.6 is 0 Å². The molecule has 6 heteroatoms. The first-order chi connectivity index (χ1) is 10.5. The molecular formula is C16H25N5O. The largest absolute Gasteiger partial charge is 0.339 e. The fraction of sp³-hybridized carbons (Fsp3) is 0.688. The zero-order valence-corrected chi connectivity index (χ0v) is 13.9. The number of rotatable bonds is 4. The Kier molecular flexibility index (Phi) is 4.29. The van der Waals surface area contributed by atoms with E-state index in [9.17, 15) is 0 Å². The first-order valence-corrected chi connectivity index (χ1v) is 8.07. The monoisotopic (exact) mass is 303 g/mol. The van der Waals surface area contributed by atoms with Crippen LogP contribution in [0.2, 0.25) is 0 Å². The number of imidazole rings is 1. The third-order valence-corrected chi connectivity index (χ3v) is 4.45. The highest BCUT2D eigenvalue weighted by atomic mass is 16.5. The van der Waals surface area contributed by atoms with Gasteiger partial charge in [0.2, 0.25) is 5.89 Å². The van der Waals surface area contributed by atoms with Gasteiger partial charge < -0.3 is 9.09 Å². The normalized spacial score (nSPS) is 17.5. The summed E-state index contributed by atoms with van der Waals surface area (Å²) < 4.78 is 7.52. The molecule has 0 unspecified atom stereocenters. The lowest BCUT2D eigenvalue weighted by molar-refractivity contribution is 0.186. The van der Waals surface area contributed by atoms with Crippen molar-refractivity contribution in [3.8, 4) is 0 Å². The van der Waals surface area contributed by atoms with Gasteiger partial charge in [-0.15, -0.1) is 0 Å². The lowest BCUT2D eigenvalue weighted by Crippen LogP contribution is -2.32. The lowest BCUT2D eigenvalue weighted by atomic mass is 9.96. The summed E-state index contributed by atoms with van der Waals surface area (Å²) in [7, 11) is 2.04. The van der Waals surface area contributed by atoms with E-state index in [1.807, 2.05) is 14.0 Å². The molecule has 1 aliphatic heterocycles. The van der Waals surface area contributed by atoms with Crippen molar-refractivity contribution in [2.24, 2.45) is 7.05 Å². The molecule has 3 heterocycles. The van der Waals surface area contributed by atoms with Crippen LogP contribution in [0.1, 0.15) is 61.8 Å². The van der Waals surface area contributed by atoms with E-state index in [0.717, 1.165) is 55.7 Å². The molecule has 0 spiro atoms. The Hall–Kier alpha value is -1.69. The molecule has 22 heavy (non-hydrogen) atoms. The number of likely N-dealkylation sites (tertiary alicyclic amines) is 1. The number of aryl methyl sites for hydroxylation is 2. The molecule has 0 aliphatic carbocycles. The number of hydrogen-bond donors (Lipinski definition) is 0. The molecule has 1 fully saturated rings. The fourth-order valence-electron chi connectivity index (χ4n) is 2.92. The van der Waals surface area contributed by atoms with Gasteiger partial charge in [0.1, 0.15) is 5.82 Å². The molecule has 0 aromatic carbocycles. The third kappa shape index (κ3) is 3.21. The van der Waals surface area contributed by atoms with E-state index < -0.39 is 0 Å². The Balaban J connectivity index is 1.55. The van der Waals surface area contributed by atoms with Gasteiger partial charge in [0, 0.05) is 31.6 Å². The Morgan fingerprint density at radius 2 is 2.00 bits per heavy atom. The maximum Gasteiger partial charge on any atom is 0.229 e. The quantitative estimate of drug-likeness (QED) is 0.869. The maximum atomic E-state index is 5.44. The van der Waals surface area contributed by atoms with Crippen LogP contribution in [0.3, 0.4) is 0 Å². The minimum absolute atomic E-state index is 0.324. The average molecular weight is 303 g/mol. The Bertz CT molecular complexity index is 603. The smallest absolute Gasteiger partial charge is 0.229 e. The molecule has 2 aromatic heterocycles. The third-order valence-electron chi connectivity index (χ3n) is 4.45. The van der Waals surface area contributed by atoms with Crippen LogP contribution in [-0.2, 0) is 13.6 Å². The van der Waals surface area contributed by atoms with Crippen molar-refractivity contribution in [2.45, 2.75) is 52.0 Å². The predicted molar refractivity (Wildman–Crippen MR) is 83.6 cm³/mol. The zero-order chi connectivity index (χ0) is 15.7. The van der Waals surface area contributed by atoms with Gasteiger partial charge in [0.05, 0.1) is 5.69 Å². The molecule has 3 rings (SSSR count). The molecule has 2 aromatic rings. The van der Waals surface area contributed by atoms with Gasteiger partial charge in [0.15, 0.2) is 5.82 Å². The molecule has 0 amide bonds. The maximum absolute atomic E-state index is 5.44. The summed E-state index contributed by atoms with van der Waals surface area (Å²) >= 11 is 0. The average Bonchev–Trinajstić information content (AvgIpc) is 3.08. The van der Waals surface area contributed by atoms with E-state index in [4.69, 9.17) is 4.52 Å².